The van der Waals surface area contributed by atoms with E-state index in [9.17, 15) is 0 Å². The van der Waals surface area contributed by atoms with E-state index in [0.717, 1.165) is 19.3 Å². The van der Waals surface area contributed by atoms with Gasteiger partial charge in [0.1, 0.15) is 0 Å². The van der Waals surface area contributed by atoms with Gasteiger partial charge in [-0.2, -0.15) is 0 Å². The molecule has 1 fully saturated rings. The van der Waals surface area contributed by atoms with E-state index >= 15 is 0 Å². The molecule has 2 unspecified atom stereocenters. The lowest BCUT2D eigenvalue weighted by Crippen LogP contribution is -2.47. The predicted octanol–water partition coefficient (Wildman–Crippen LogP) is 3.35. The van der Waals surface area contributed by atoms with Gasteiger partial charge in [-0.05, 0) is 59.4 Å². The predicted molar refractivity (Wildman–Crippen MR) is 88.0 cm³/mol. The number of nitrogens with two attached hydrogens (primary N) is 1. The standard InChI is InChI=1S/C18H30N2O/c1-13-7-6-8-14(11-13)9-10-16(20-19)15-12-17(2,3)21-18(15,4)5/h6-8,11,15-16,20H,9-10,12,19H2,1-5H3. The second-order valence-electron chi connectivity index (χ2n) is 7.58. The molecule has 3 nitrogen and oxygen atoms in total. The second-order valence-corrected chi connectivity index (χ2v) is 7.58. The summed E-state index contributed by atoms with van der Waals surface area (Å²) < 4.78 is 6.21. The molecule has 0 radical (unpaired) electrons. The third-order valence-corrected chi connectivity index (χ3v) is 4.67. The third kappa shape index (κ3) is 4.06. The summed E-state index contributed by atoms with van der Waals surface area (Å²) >= 11 is 0. The molecule has 3 heteroatoms. The molecule has 1 saturated heterocycles. The molecule has 0 amide bonds. The molecule has 1 aliphatic rings. The summed E-state index contributed by atoms with van der Waals surface area (Å²) in [5, 5.41) is 0. The first-order valence-corrected chi connectivity index (χ1v) is 7.95. The van der Waals surface area contributed by atoms with Crippen LogP contribution in [0.1, 0.15) is 51.7 Å². The number of rotatable bonds is 5. The quantitative estimate of drug-likeness (QED) is 0.646. The smallest absolute Gasteiger partial charge is 0.0678 e. The maximum atomic E-state index is 6.21. The van der Waals surface area contributed by atoms with Gasteiger partial charge in [-0.25, -0.2) is 0 Å². The van der Waals surface area contributed by atoms with Crippen LogP contribution in [-0.2, 0) is 11.2 Å². The van der Waals surface area contributed by atoms with Crippen molar-refractivity contribution in [3.8, 4) is 0 Å². The highest BCUT2D eigenvalue weighted by Crippen LogP contribution is 2.44. The molecule has 2 rings (SSSR count). The lowest BCUT2D eigenvalue weighted by molar-refractivity contribution is -0.0779. The summed E-state index contributed by atoms with van der Waals surface area (Å²) in [6.45, 7) is 10.8. The number of benzene rings is 1. The average molecular weight is 290 g/mol. The molecule has 0 saturated carbocycles. The summed E-state index contributed by atoms with van der Waals surface area (Å²) in [4.78, 5) is 0. The molecular weight excluding hydrogens is 260 g/mol. The van der Waals surface area contributed by atoms with E-state index in [4.69, 9.17) is 10.6 Å². The van der Waals surface area contributed by atoms with Gasteiger partial charge in [0, 0.05) is 12.0 Å². The highest BCUT2D eigenvalue weighted by Gasteiger charge is 2.48. The molecule has 1 aliphatic heterocycles. The van der Waals surface area contributed by atoms with Gasteiger partial charge in [0.2, 0.25) is 0 Å². The van der Waals surface area contributed by atoms with Crippen molar-refractivity contribution in [2.45, 2.75) is 71.1 Å². The number of nitrogens with one attached hydrogen (secondary N) is 1. The van der Waals surface area contributed by atoms with Gasteiger partial charge in [0.25, 0.3) is 0 Å². The molecule has 0 aromatic heterocycles. The fourth-order valence-electron chi connectivity index (χ4n) is 3.82. The first-order valence-electron chi connectivity index (χ1n) is 7.95. The molecule has 2 atom stereocenters. The number of hydrogen-bond acceptors (Lipinski definition) is 3. The molecule has 0 bridgehead atoms. The number of ether oxygens (including phenoxy) is 1. The van der Waals surface area contributed by atoms with E-state index in [1.54, 1.807) is 0 Å². The van der Waals surface area contributed by atoms with E-state index in [1.807, 2.05) is 0 Å². The van der Waals surface area contributed by atoms with E-state index in [2.05, 4.69) is 64.3 Å². The van der Waals surface area contributed by atoms with Gasteiger partial charge < -0.3 is 4.74 Å². The summed E-state index contributed by atoms with van der Waals surface area (Å²) in [5.41, 5.74) is 5.54. The van der Waals surface area contributed by atoms with Crippen LogP contribution in [0.25, 0.3) is 0 Å². The largest absolute Gasteiger partial charge is 0.369 e. The average Bonchev–Trinajstić information content (AvgIpc) is 2.58. The number of hydrazine groups is 1. The van der Waals surface area contributed by atoms with Crippen LogP contribution in [0.3, 0.4) is 0 Å². The highest BCUT2D eigenvalue weighted by molar-refractivity contribution is 5.22. The van der Waals surface area contributed by atoms with Crippen LogP contribution in [0.2, 0.25) is 0 Å². The zero-order chi connectivity index (χ0) is 15.7. The Balaban J connectivity index is 2.03. The summed E-state index contributed by atoms with van der Waals surface area (Å²) in [7, 11) is 0. The van der Waals surface area contributed by atoms with Gasteiger partial charge >= 0.3 is 0 Å². The van der Waals surface area contributed by atoms with Crippen LogP contribution in [0.4, 0.5) is 0 Å². The van der Waals surface area contributed by atoms with Crippen molar-refractivity contribution in [1.29, 1.82) is 0 Å². The summed E-state index contributed by atoms with van der Waals surface area (Å²) in [6.07, 6.45) is 3.12. The molecule has 1 aromatic carbocycles. The van der Waals surface area contributed by atoms with Gasteiger partial charge in [0.05, 0.1) is 11.2 Å². The first-order chi connectivity index (χ1) is 9.73. The molecule has 0 spiro atoms. The minimum atomic E-state index is -0.132. The van der Waals surface area contributed by atoms with Crippen LogP contribution < -0.4 is 11.3 Å². The molecule has 1 heterocycles. The molecule has 1 aromatic rings. The topological polar surface area (TPSA) is 47.3 Å². The van der Waals surface area contributed by atoms with Crippen molar-refractivity contribution in [1.82, 2.24) is 5.43 Å². The van der Waals surface area contributed by atoms with Crippen LogP contribution in [-0.4, -0.2) is 17.2 Å². The Bertz CT molecular complexity index is 482. The molecule has 3 N–H and O–H groups in total. The first kappa shape index (κ1) is 16.5. The van der Waals surface area contributed by atoms with E-state index in [1.165, 1.54) is 11.1 Å². The molecule has 21 heavy (non-hydrogen) atoms. The van der Waals surface area contributed by atoms with Crippen LogP contribution in [0, 0.1) is 12.8 Å². The Labute approximate surface area is 129 Å². The normalized spacial score (nSPS) is 25.0. The van der Waals surface area contributed by atoms with Crippen molar-refractivity contribution >= 4 is 0 Å². The molecule has 118 valence electrons. The fourth-order valence-corrected chi connectivity index (χ4v) is 3.82. The lowest BCUT2D eigenvalue weighted by atomic mass is 9.80. The Kier molecular flexibility index (Phi) is 4.76. The van der Waals surface area contributed by atoms with Gasteiger partial charge in [-0.15, -0.1) is 0 Å². The SMILES string of the molecule is Cc1cccc(CCC(NN)C2CC(C)(C)OC2(C)C)c1. The van der Waals surface area contributed by atoms with Crippen molar-refractivity contribution in [3.63, 3.8) is 0 Å². The zero-order valence-corrected chi connectivity index (χ0v) is 14.1. The van der Waals surface area contributed by atoms with E-state index in [0.29, 0.717) is 5.92 Å². The third-order valence-electron chi connectivity index (χ3n) is 4.67. The van der Waals surface area contributed by atoms with E-state index in [-0.39, 0.29) is 17.2 Å². The fraction of sp³-hybridized carbons (Fsp3) is 0.667. The van der Waals surface area contributed by atoms with Gasteiger partial charge in [-0.1, -0.05) is 29.8 Å². The highest BCUT2D eigenvalue weighted by atomic mass is 16.5. The summed E-state index contributed by atoms with van der Waals surface area (Å²) in [6, 6.07) is 9.00. The van der Waals surface area contributed by atoms with Crippen molar-refractivity contribution in [2.24, 2.45) is 11.8 Å². The van der Waals surface area contributed by atoms with Crippen molar-refractivity contribution in [2.75, 3.05) is 0 Å². The maximum Gasteiger partial charge on any atom is 0.0678 e. The lowest BCUT2D eigenvalue weighted by Gasteiger charge is -2.32. The van der Waals surface area contributed by atoms with Crippen LogP contribution in [0.15, 0.2) is 24.3 Å². The summed E-state index contributed by atoms with van der Waals surface area (Å²) in [5.74, 6) is 6.28. The minimum absolute atomic E-state index is 0.0629. The second kappa shape index (κ2) is 6.07. The van der Waals surface area contributed by atoms with E-state index < -0.39 is 0 Å². The minimum Gasteiger partial charge on any atom is -0.369 e. The molecule has 0 aliphatic carbocycles. The maximum absolute atomic E-state index is 6.21. The van der Waals surface area contributed by atoms with Crippen molar-refractivity contribution < 1.29 is 4.74 Å². The Morgan fingerprint density at radius 3 is 2.57 bits per heavy atom. The number of hydrogen-bond donors (Lipinski definition) is 2. The van der Waals surface area contributed by atoms with Gasteiger partial charge in [0.15, 0.2) is 0 Å². The number of aryl methyl sites for hydroxylation is 2. The Hall–Kier alpha value is -0.900. The van der Waals surface area contributed by atoms with Crippen molar-refractivity contribution in [3.05, 3.63) is 35.4 Å². The van der Waals surface area contributed by atoms with Gasteiger partial charge in [-0.3, -0.25) is 11.3 Å². The Morgan fingerprint density at radius 1 is 1.33 bits per heavy atom. The van der Waals surface area contributed by atoms with Crippen LogP contribution >= 0.6 is 0 Å². The van der Waals surface area contributed by atoms with Crippen LogP contribution in [0.5, 0.6) is 0 Å². The molecular formula is C18H30N2O. The Morgan fingerprint density at radius 2 is 2.05 bits per heavy atom. The zero-order valence-electron chi connectivity index (χ0n) is 14.1. The monoisotopic (exact) mass is 290 g/mol.